The molecule has 28 heavy (non-hydrogen) atoms. The van der Waals surface area contributed by atoms with E-state index in [2.05, 4.69) is 28.6 Å². The molecule has 0 saturated carbocycles. The lowest BCUT2D eigenvalue weighted by molar-refractivity contribution is -0.134. The highest BCUT2D eigenvalue weighted by Crippen LogP contribution is 2.32. The van der Waals surface area contributed by atoms with Crippen LogP contribution < -0.4 is 20.1 Å². The van der Waals surface area contributed by atoms with E-state index >= 15 is 0 Å². The number of nitrogens with zero attached hydrogens (tertiary/aromatic N) is 2. The van der Waals surface area contributed by atoms with E-state index in [4.69, 9.17) is 9.47 Å². The van der Waals surface area contributed by atoms with Crippen molar-refractivity contribution in [2.24, 2.45) is 4.99 Å². The van der Waals surface area contributed by atoms with Crippen LogP contribution in [0.15, 0.2) is 23.2 Å². The Morgan fingerprint density at radius 3 is 2.93 bits per heavy atom. The fourth-order valence-corrected chi connectivity index (χ4v) is 3.64. The summed E-state index contributed by atoms with van der Waals surface area (Å²) in [4.78, 5) is 19.0. The molecule has 1 aromatic carbocycles. The Labute approximate surface area is 167 Å². The molecule has 2 aliphatic heterocycles. The van der Waals surface area contributed by atoms with Crippen molar-refractivity contribution < 1.29 is 14.3 Å². The van der Waals surface area contributed by atoms with Crippen molar-refractivity contribution in [1.82, 2.24) is 15.5 Å². The Morgan fingerprint density at radius 1 is 1.25 bits per heavy atom. The summed E-state index contributed by atoms with van der Waals surface area (Å²) in [5.74, 6) is 2.58. The molecule has 0 spiro atoms. The zero-order valence-corrected chi connectivity index (χ0v) is 17.0. The first-order valence-electron chi connectivity index (χ1n) is 10.4. The highest BCUT2D eigenvalue weighted by molar-refractivity contribution is 5.81. The van der Waals surface area contributed by atoms with Crippen LogP contribution in [0.4, 0.5) is 0 Å². The average Bonchev–Trinajstić information content (AvgIpc) is 3.16. The average molecular weight is 389 g/mol. The SMILES string of the molecule is CCNC(=NCCC(=O)N1CCCCC1C)NCCc1ccc2c(c1)OCO2. The third-order valence-electron chi connectivity index (χ3n) is 5.21. The number of hydrogen-bond donors (Lipinski definition) is 2. The van der Waals surface area contributed by atoms with Crippen molar-refractivity contribution in [3.05, 3.63) is 23.8 Å². The van der Waals surface area contributed by atoms with Gasteiger partial charge in [0.2, 0.25) is 12.7 Å². The molecule has 2 aliphatic rings. The molecular formula is C21H32N4O3. The number of rotatable bonds is 7. The predicted molar refractivity (Wildman–Crippen MR) is 110 cm³/mol. The number of fused-ring (bicyclic) bond motifs is 1. The number of likely N-dealkylation sites (tertiary alicyclic amines) is 1. The largest absolute Gasteiger partial charge is 0.454 e. The van der Waals surface area contributed by atoms with Crippen LogP contribution in [0.2, 0.25) is 0 Å². The van der Waals surface area contributed by atoms with Crippen LogP contribution in [0.25, 0.3) is 0 Å². The van der Waals surface area contributed by atoms with Gasteiger partial charge in [-0.1, -0.05) is 6.07 Å². The van der Waals surface area contributed by atoms with Gasteiger partial charge in [0.1, 0.15) is 0 Å². The number of ether oxygens (including phenoxy) is 2. The molecule has 1 saturated heterocycles. The zero-order chi connectivity index (χ0) is 19.8. The van der Waals surface area contributed by atoms with E-state index in [-0.39, 0.29) is 5.91 Å². The van der Waals surface area contributed by atoms with E-state index < -0.39 is 0 Å². The molecule has 1 unspecified atom stereocenters. The number of hydrogen-bond acceptors (Lipinski definition) is 4. The maximum absolute atomic E-state index is 12.4. The summed E-state index contributed by atoms with van der Waals surface area (Å²) < 4.78 is 10.8. The minimum absolute atomic E-state index is 0.215. The molecule has 7 nitrogen and oxygen atoms in total. The van der Waals surface area contributed by atoms with Crippen LogP contribution in [-0.4, -0.2) is 55.8 Å². The molecule has 0 aliphatic carbocycles. The first kappa shape index (κ1) is 20.3. The van der Waals surface area contributed by atoms with Crippen LogP contribution in [0.1, 0.15) is 45.1 Å². The molecular weight excluding hydrogens is 356 g/mol. The van der Waals surface area contributed by atoms with Gasteiger partial charge in [-0.15, -0.1) is 0 Å². The van der Waals surface area contributed by atoms with Crippen molar-refractivity contribution in [2.45, 2.75) is 52.0 Å². The number of guanidine groups is 1. The van der Waals surface area contributed by atoms with E-state index in [9.17, 15) is 4.79 Å². The van der Waals surface area contributed by atoms with Gasteiger partial charge in [0.25, 0.3) is 0 Å². The van der Waals surface area contributed by atoms with Crippen LogP contribution in [-0.2, 0) is 11.2 Å². The van der Waals surface area contributed by atoms with Crippen LogP contribution >= 0.6 is 0 Å². The monoisotopic (exact) mass is 388 g/mol. The molecule has 7 heteroatoms. The molecule has 2 N–H and O–H groups in total. The highest BCUT2D eigenvalue weighted by atomic mass is 16.7. The summed E-state index contributed by atoms with van der Waals surface area (Å²) in [7, 11) is 0. The number of nitrogens with one attached hydrogen (secondary N) is 2. The second-order valence-corrected chi connectivity index (χ2v) is 7.31. The number of piperidine rings is 1. The Balaban J connectivity index is 1.44. The number of aliphatic imine (C=N–C) groups is 1. The first-order valence-corrected chi connectivity index (χ1v) is 10.4. The fourth-order valence-electron chi connectivity index (χ4n) is 3.64. The minimum atomic E-state index is 0.215. The van der Waals surface area contributed by atoms with Crippen molar-refractivity contribution in [3.8, 4) is 11.5 Å². The van der Waals surface area contributed by atoms with Crippen molar-refractivity contribution >= 4 is 11.9 Å². The van der Waals surface area contributed by atoms with E-state index in [1.165, 1.54) is 12.0 Å². The molecule has 1 fully saturated rings. The Bertz CT molecular complexity index is 692. The molecule has 0 aromatic heterocycles. The lowest BCUT2D eigenvalue weighted by Crippen LogP contribution is -2.42. The molecule has 2 heterocycles. The molecule has 0 bridgehead atoms. The molecule has 0 radical (unpaired) electrons. The smallest absolute Gasteiger partial charge is 0.231 e. The topological polar surface area (TPSA) is 75.2 Å². The Kier molecular flexibility index (Phi) is 7.39. The highest BCUT2D eigenvalue weighted by Gasteiger charge is 2.22. The van der Waals surface area contributed by atoms with Crippen LogP contribution in [0.5, 0.6) is 11.5 Å². The maximum Gasteiger partial charge on any atom is 0.231 e. The summed E-state index contributed by atoms with van der Waals surface area (Å²) in [6, 6.07) is 6.38. The number of amides is 1. The zero-order valence-electron chi connectivity index (χ0n) is 17.0. The molecule has 3 rings (SSSR count). The molecule has 1 amide bonds. The summed E-state index contributed by atoms with van der Waals surface area (Å²) in [5.41, 5.74) is 1.18. The summed E-state index contributed by atoms with van der Waals surface area (Å²) in [5, 5.41) is 6.58. The van der Waals surface area contributed by atoms with Gasteiger partial charge >= 0.3 is 0 Å². The lowest BCUT2D eigenvalue weighted by Gasteiger charge is -2.33. The van der Waals surface area contributed by atoms with Gasteiger partial charge in [-0.25, -0.2) is 0 Å². The third kappa shape index (κ3) is 5.53. The van der Waals surface area contributed by atoms with E-state index in [0.29, 0.717) is 25.8 Å². The Hall–Kier alpha value is -2.44. The van der Waals surface area contributed by atoms with E-state index in [1.54, 1.807) is 0 Å². The third-order valence-corrected chi connectivity index (χ3v) is 5.21. The van der Waals surface area contributed by atoms with E-state index in [0.717, 1.165) is 56.4 Å². The standard InChI is InChI=1S/C21H32N4O3/c1-3-22-21(24-12-10-20(26)25-13-5-4-6-16(25)2)23-11-9-17-7-8-18-19(14-17)28-15-27-18/h7-8,14,16H,3-6,9-13,15H2,1-2H3,(H2,22,23,24). The van der Waals surface area contributed by atoms with Crippen LogP contribution in [0, 0.1) is 0 Å². The predicted octanol–water partition coefficient (Wildman–Crippen LogP) is 2.30. The molecule has 1 aromatic rings. The minimum Gasteiger partial charge on any atom is -0.454 e. The summed E-state index contributed by atoms with van der Waals surface area (Å²) in [6.45, 7) is 7.40. The number of carbonyl (C=O) groups excluding carboxylic acids is 1. The van der Waals surface area contributed by atoms with Crippen molar-refractivity contribution in [1.29, 1.82) is 0 Å². The second kappa shape index (κ2) is 10.2. The van der Waals surface area contributed by atoms with Gasteiger partial charge in [0.15, 0.2) is 17.5 Å². The number of carbonyl (C=O) groups is 1. The maximum atomic E-state index is 12.4. The summed E-state index contributed by atoms with van der Waals surface area (Å²) >= 11 is 0. The number of benzene rings is 1. The van der Waals surface area contributed by atoms with Gasteiger partial charge in [-0.05, 0) is 57.2 Å². The lowest BCUT2D eigenvalue weighted by atomic mass is 10.0. The summed E-state index contributed by atoms with van der Waals surface area (Å²) in [6.07, 6.45) is 4.76. The van der Waals surface area contributed by atoms with Crippen molar-refractivity contribution in [2.75, 3.05) is 33.0 Å². The fraction of sp³-hybridized carbons (Fsp3) is 0.619. The quantitative estimate of drug-likeness (QED) is 0.554. The van der Waals surface area contributed by atoms with Gasteiger partial charge < -0.3 is 25.0 Å². The van der Waals surface area contributed by atoms with E-state index in [1.807, 2.05) is 24.0 Å². The van der Waals surface area contributed by atoms with Crippen molar-refractivity contribution in [3.63, 3.8) is 0 Å². The second-order valence-electron chi connectivity index (χ2n) is 7.31. The normalized spacial score (nSPS) is 18.9. The first-order chi connectivity index (χ1) is 13.7. The molecule has 1 atom stereocenters. The van der Waals surface area contributed by atoms with Crippen LogP contribution in [0.3, 0.4) is 0 Å². The van der Waals surface area contributed by atoms with Gasteiger partial charge in [0.05, 0.1) is 6.54 Å². The van der Waals surface area contributed by atoms with Gasteiger partial charge in [-0.2, -0.15) is 0 Å². The van der Waals surface area contributed by atoms with Gasteiger partial charge in [-0.3, -0.25) is 9.79 Å². The Morgan fingerprint density at radius 2 is 2.11 bits per heavy atom. The molecule has 154 valence electrons. The van der Waals surface area contributed by atoms with Gasteiger partial charge in [0, 0.05) is 32.1 Å².